The molecule has 5 nitrogen and oxygen atoms in total. The summed E-state index contributed by atoms with van der Waals surface area (Å²) in [6, 6.07) is 7.17. The van der Waals surface area contributed by atoms with Crippen LogP contribution in [0.3, 0.4) is 0 Å². The summed E-state index contributed by atoms with van der Waals surface area (Å²) in [5, 5.41) is 6.52. The molecule has 0 radical (unpaired) electrons. The second-order valence-electron chi connectivity index (χ2n) is 5.40. The van der Waals surface area contributed by atoms with Crippen molar-refractivity contribution >= 4 is 28.2 Å². The number of pyridine rings is 1. The number of hydrogen-bond acceptors (Lipinski definition) is 4. The lowest BCUT2D eigenvalue weighted by Gasteiger charge is -2.13. The minimum absolute atomic E-state index is 0.0546. The molecule has 1 aliphatic rings. The van der Waals surface area contributed by atoms with Gasteiger partial charge in [-0.15, -0.1) is 11.3 Å². The Kier molecular flexibility index (Phi) is 4.20. The predicted molar refractivity (Wildman–Crippen MR) is 85.8 cm³/mol. The molecule has 114 valence electrons. The highest BCUT2D eigenvalue weighted by molar-refractivity contribution is 7.18. The molecule has 0 bridgehead atoms. The average molecular weight is 315 g/mol. The summed E-state index contributed by atoms with van der Waals surface area (Å²) in [6.07, 6.45) is 5.34. The molecule has 2 heterocycles. The maximum absolute atomic E-state index is 12.2. The molecule has 2 aromatic heterocycles. The van der Waals surface area contributed by atoms with Crippen molar-refractivity contribution in [1.29, 1.82) is 0 Å². The summed E-state index contributed by atoms with van der Waals surface area (Å²) < 4.78 is 0. The summed E-state index contributed by atoms with van der Waals surface area (Å²) in [6.45, 7) is 1.93. The van der Waals surface area contributed by atoms with E-state index in [0.717, 1.165) is 23.4 Å². The van der Waals surface area contributed by atoms with Gasteiger partial charge in [0, 0.05) is 18.3 Å². The van der Waals surface area contributed by atoms with Crippen LogP contribution in [-0.4, -0.2) is 16.8 Å². The first-order chi connectivity index (χ1) is 10.6. The summed E-state index contributed by atoms with van der Waals surface area (Å²) in [5.41, 5.74) is 1.00. The minimum atomic E-state index is -0.138. The highest BCUT2D eigenvalue weighted by Gasteiger charge is 2.29. The maximum atomic E-state index is 12.2. The van der Waals surface area contributed by atoms with Gasteiger partial charge in [0.1, 0.15) is 0 Å². The van der Waals surface area contributed by atoms with Crippen LogP contribution in [0.15, 0.2) is 36.7 Å². The molecular weight excluding hydrogens is 298 g/mol. The lowest BCUT2D eigenvalue weighted by molar-refractivity contribution is -0.117. The van der Waals surface area contributed by atoms with Crippen molar-refractivity contribution in [3.63, 3.8) is 0 Å². The zero-order chi connectivity index (χ0) is 15.5. The van der Waals surface area contributed by atoms with Crippen molar-refractivity contribution in [2.45, 2.75) is 25.8 Å². The molecule has 6 heteroatoms. The first-order valence-electron chi connectivity index (χ1n) is 7.25. The normalized spacial score (nSPS) is 15.1. The van der Waals surface area contributed by atoms with Crippen molar-refractivity contribution in [2.24, 2.45) is 5.92 Å². The molecule has 0 aliphatic heterocycles. The number of amides is 2. The number of rotatable bonds is 5. The molecule has 2 amide bonds. The van der Waals surface area contributed by atoms with Crippen LogP contribution in [0.2, 0.25) is 0 Å². The first-order valence-corrected chi connectivity index (χ1v) is 8.06. The zero-order valence-corrected chi connectivity index (χ0v) is 13.0. The Labute approximate surface area is 132 Å². The summed E-state index contributed by atoms with van der Waals surface area (Å²) in [7, 11) is 0. The third kappa shape index (κ3) is 3.51. The standard InChI is InChI=1S/C16H17N3O2S/c1-10(11-6-8-17-9-7-11)18-16(21)13-4-5-14(22-13)19-15(20)12-2-3-12/h4-10,12H,2-3H2,1H3,(H,18,21)(H,19,20). The topological polar surface area (TPSA) is 71.1 Å². The monoisotopic (exact) mass is 315 g/mol. The number of carbonyl (C=O) groups is 2. The zero-order valence-electron chi connectivity index (χ0n) is 12.2. The molecule has 1 fully saturated rings. The van der Waals surface area contributed by atoms with E-state index in [2.05, 4.69) is 15.6 Å². The van der Waals surface area contributed by atoms with Crippen molar-refractivity contribution in [3.8, 4) is 0 Å². The number of aromatic nitrogens is 1. The van der Waals surface area contributed by atoms with Gasteiger partial charge in [0.25, 0.3) is 5.91 Å². The van der Waals surface area contributed by atoms with Gasteiger partial charge in [-0.05, 0) is 49.6 Å². The lowest BCUT2D eigenvalue weighted by Crippen LogP contribution is -2.25. The van der Waals surface area contributed by atoms with E-state index in [9.17, 15) is 9.59 Å². The van der Waals surface area contributed by atoms with Crippen molar-refractivity contribution in [2.75, 3.05) is 5.32 Å². The van der Waals surface area contributed by atoms with Gasteiger partial charge >= 0.3 is 0 Å². The van der Waals surface area contributed by atoms with Crippen LogP contribution in [0.25, 0.3) is 0 Å². The van der Waals surface area contributed by atoms with Crippen LogP contribution in [-0.2, 0) is 4.79 Å². The van der Waals surface area contributed by atoms with E-state index in [4.69, 9.17) is 0 Å². The summed E-state index contributed by atoms with van der Waals surface area (Å²) >= 11 is 1.30. The van der Waals surface area contributed by atoms with E-state index in [1.807, 2.05) is 19.1 Å². The molecule has 1 unspecified atom stereocenters. The van der Waals surface area contributed by atoms with E-state index in [1.54, 1.807) is 24.5 Å². The van der Waals surface area contributed by atoms with Crippen molar-refractivity contribution in [3.05, 3.63) is 47.1 Å². The first kappa shape index (κ1) is 14.7. The van der Waals surface area contributed by atoms with Gasteiger partial charge in [0.05, 0.1) is 15.9 Å². The Morgan fingerprint density at radius 2 is 1.95 bits per heavy atom. The van der Waals surface area contributed by atoms with Gasteiger partial charge in [-0.2, -0.15) is 0 Å². The van der Waals surface area contributed by atoms with Gasteiger partial charge < -0.3 is 10.6 Å². The number of nitrogens with one attached hydrogen (secondary N) is 2. The maximum Gasteiger partial charge on any atom is 0.261 e. The third-order valence-corrected chi connectivity index (χ3v) is 4.58. The molecule has 3 rings (SSSR count). The van der Waals surface area contributed by atoms with E-state index in [1.165, 1.54) is 11.3 Å². The Balaban J connectivity index is 1.60. The summed E-state index contributed by atoms with van der Waals surface area (Å²) in [4.78, 5) is 28.5. The third-order valence-electron chi connectivity index (χ3n) is 3.58. The van der Waals surface area contributed by atoms with E-state index >= 15 is 0 Å². The number of anilines is 1. The lowest BCUT2D eigenvalue weighted by atomic mass is 10.1. The number of nitrogens with zero attached hydrogens (tertiary/aromatic N) is 1. The molecule has 0 saturated heterocycles. The fraction of sp³-hybridized carbons (Fsp3) is 0.312. The van der Waals surface area contributed by atoms with Gasteiger partial charge in [-0.1, -0.05) is 0 Å². The molecule has 0 aromatic carbocycles. The van der Waals surface area contributed by atoms with Crippen molar-refractivity contribution < 1.29 is 9.59 Å². The van der Waals surface area contributed by atoms with Crippen LogP contribution in [0.4, 0.5) is 5.00 Å². The Bertz CT molecular complexity index is 680. The largest absolute Gasteiger partial charge is 0.345 e. The van der Waals surface area contributed by atoms with E-state index < -0.39 is 0 Å². The number of hydrogen-bond donors (Lipinski definition) is 2. The molecule has 1 atom stereocenters. The van der Waals surface area contributed by atoms with Gasteiger partial charge in [0.15, 0.2) is 0 Å². The summed E-state index contributed by atoms with van der Waals surface area (Å²) in [5.74, 6) is 0.0753. The van der Waals surface area contributed by atoms with Crippen LogP contribution < -0.4 is 10.6 Å². The molecule has 1 saturated carbocycles. The fourth-order valence-electron chi connectivity index (χ4n) is 2.10. The molecule has 2 N–H and O–H groups in total. The Morgan fingerprint density at radius 1 is 1.23 bits per heavy atom. The Morgan fingerprint density at radius 3 is 2.64 bits per heavy atom. The minimum Gasteiger partial charge on any atom is -0.345 e. The molecule has 22 heavy (non-hydrogen) atoms. The van der Waals surface area contributed by atoms with Gasteiger partial charge in [-0.25, -0.2) is 0 Å². The van der Waals surface area contributed by atoms with Crippen LogP contribution in [0, 0.1) is 5.92 Å². The van der Waals surface area contributed by atoms with Crippen LogP contribution in [0.5, 0.6) is 0 Å². The second-order valence-corrected chi connectivity index (χ2v) is 6.49. The number of thiophene rings is 1. The molecular formula is C16H17N3O2S. The molecule has 2 aromatic rings. The van der Waals surface area contributed by atoms with Crippen LogP contribution in [0.1, 0.15) is 41.0 Å². The second kappa shape index (κ2) is 6.27. The average Bonchev–Trinajstić information content (AvgIpc) is 3.28. The van der Waals surface area contributed by atoms with Crippen LogP contribution >= 0.6 is 11.3 Å². The van der Waals surface area contributed by atoms with E-state index in [-0.39, 0.29) is 23.8 Å². The molecule has 1 aliphatic carbocycles. The number of carbonyl (C=O) groups excluding carboxylic acids is 2. The van der Waals surface area contributed by atoms with Gasteiger partial charge in [-0.3, -0.25) is 14.6 Å². The van der Waals surface area contributed by atoms with Gasteiger partial charge in [0.2, 0.25) is 5.91 Å². The van der Waals surface area contributed by atoms with E-state index in [0.29, 0.717) is 4.88 Å². The highest BCUT2D eigenvalue weighted by atomic mass is 32.1. The molecule has 0 spiro atoms. The SMILES string of the molecule is CC(NC(=O)c1ccc(NC(=O)C2CC2)s1)c1ccncc1. The highest BCUT2D eigenvalue weighted by Crippen LogP contribution is 2.31. The smallest absolute Gasteiger partial charge is 0.261 e. The van der Waals surface area contributed by atoms with Crippen molar-refractivity contribution in [1.82, 2.24) is 10.3 Å². The quantitative estimate of drug-likeness (QED) is 0.891. The fourth-order valence-corrected chi connectivity index (χ4v) is 2.91. The predicted octanol–water partition coefficient (Wildman–Crippen LogP) is 2.98. The Hall–Kier alpha value is -2.21.